The molecule has 1 N–H and O–H groups in total. The zero-order valence-electron chi connectivity index (χ0n) is 15.8. The summed E-state index contributed by atoms with van der Waals surface area (Å²) in [6.07, 6.45) is -1.44. The lowest BCUT2D eigenvalue weighted by Crippen LogP contribution is -2.40. The molecule has 1 heterocycles. The van der Waals surface area contributed by atoms with Gasteiger partial charge in [0.1, 0.15) is 5.54 Å². The van der Waals surface area contributed by atoms with Crippen LogP contribution in [0.1, 0.15) is 22.3 Å². The topological polar surface area (TPSA) is 37.8 Å². The van der Waals surface area contributed by atoms with E-state index in [1.807, 2.05) is 12.1 Å². The van der Waals surface area contributed by atoms with E-state index in [0.29, 0.717) is 11.1 Å². The third-order valence-corrected chi connectivity index (χ3v) is 4.92. The van der Waals surface area contributed by atoms with Gasteiger partial charge < -0.3 is 5.32 Å². The first kappa shape index (κ1) is 19.6. The molecule has 0 fully saturated rings. The molecule has 150 valence electrons. The first-order valence-electron chi connectivity index (χ1n) is 9.35. The molecule has 3 aromatic carbocycles. The molecule has 0 radical (unpaired) electrons. The van der Waals surface area contributed by atoms with Crippen molar-refractivity contribution in [1.82, 2.24) is 9.97 Å². The molecular formula is C24H18F3N3. The Labute approximate surface area is 172 Å². The lowest BCUT2D eigenvalue weighted by molar-refractivity contribution is -0.138. The van der Waals surface area contributed by atoms with Crippen LogP contribution in [0.3, 0.4) is 0 Å². The smallest absolute Gasteiger partial charge is 0.337 e. The highest BCUT2D eigenvalue weighted by molar-refractivity contribution is 5.59. The molecule has 0 saturated heterocycles. The van der Waals surface area contributed by atoms with Crippen LogP contribution in [0.4, 0.5) is 19.1 Å². The lowest BCUT2D eigenvalue weighted by atomic mass is 9.75. The fourth-order valence-electron chi connectivity index (χ4n) is 3.65. The van der Waals surface area contributed by atoms with Crippen LogP contribution in [0.5, 0.6) is 0 Å². The molecule has 0 atom stereocenters. The number of rotatable bonds is 5. The van der Waals surface area contributed by atoms with E-state index in [0.717, 1.165) is 6.07 Å². The molecule has 0 amide bonds. The lowest BCUT2D eigenvalue weighted by Gasteiger charge is -2.38. The van der Waals surface area contributed by atoms with Gasteiger partial charge in [0, 0.05) is 12.4 Å². The van der Waals surface area contributed by atoms with E-state index in [2.05, 4.69) is 15.3 Å². The Balaban J connectivity index is 2.09. The van der Waals surface area contributed by atoms with Crippen LogP contribution in [0.25, 0.3) is 0 Å². The van der Waals surface area contributed by atoms with Crippen molar-refractivity contribution in [1.29, 1.82) is 0 Å². The molecule has 0 aliphatic rings. The molecular weight excluding hydrogens is 387 g/mol. The summed E-state index contributed by atoms with van der Waals surface area (Å²) in [5.41, 5.74) is -0.736. The summed E-state index contributed by atoms with van der Waals surface area (Å²) >= 11 is 0. The molecule has 6 heteroatoms. The molecule has 0 bridgehead atoms. The van der Waals surface area contributed by atoms with Gasteiger partial charge in [0.15, 0.2) is 0 Å². The highest BCUT2D eigenvalue weighted by atomic mass is 19.4. The average Bonchev–Trinajstić information content (AvgIpc) is 2.79. The first-order chi connectivity index (χ1) is 14.5. The van der Waals surface area contributed by atoms with E-state index in [1.54, 1.807) is 73.1 Å². The number of halogens is 3. The van der Waals surface area contributed by atoms with E-state index in [9.17, 15) is 13.2 Å². The standard InChI is InChI=1S/C24H18F3N3/c25-24(26,27)21-15-8-7-14-20(21)23(18-10-3-1-4-11-18,19-12-5-2-6-13-19)30-22-28-16-9-17-29-22/h1-17H,(H,28,29,30). The fourth-order valence-corrected chi connectivity index (χ4v) is 3.65. The maximum atomic E-state index is 14.1. The maximum Gasteiger partial charge on any atom is 0.416 e. The predicted molar refractivity (Wildman–Crippen MR) is 110 cm³/mol. The zero-order valence-corrected chi connectivity index (χ0v) is 15.8. The number of hydrogen-bond acceptors (Lipinski definition) is 3. The van der Waals surface area contributed by atoms with Crippen molar-refractivity contribution in [3.05, 3.63) is 126 Å². The number of hydrogen-bond donors (Lipinski definition) is 1. The molecule has 0 spiro atoms. The summed E-state index contributed by atoms with van der Waals surface area (Å²) in [5, 5.41) is 3.23. The van der Waals surface area contributed by atoms with Gasteiger partial charge in [-0.2, -0.15) is 13.2 Å². The van der Waals surface area contributed by atoms with Crippen molar-refractivity contribution in [3.8, 4) is 0 Å². The van der Waals surface area contributed by atoms with Crippen LogP contribution < -0.4 is 5.32 Å². The highest BCUT2D eigenvalue weighted by Crippen LogP contribution is 2.44. The van der Waals surface area contributed by atoms with E-state index in [-0.39, 0.29) is 11.5 Å². The molecule has 0 aliphatic carbocycles. The number of nitrogens with zero attached hydrogens (tertiary/aromatic N) is 2. The van der Waals surface area contributed by atoms with Crippen LogP contribution in [-0.4, -0.2) is 9.97 Å². The molecule has 0 aliphatic heterocycles. The monoisotopic (exact) mass is 405 g/mol. The minimum atomic E-state index is -4.54. The zero-order chi connectivity index (χ0) is 21.0. The summed E-state index contributed by atoms with van der Waals surface area (Å²) < 4.78 is 42.3. The summed E-state index contributed by atoms with van der Waals surface area (Å²) in [6, 6.07) is 25.3. The average molecular weight is 405 g/mol. The van der Waals surface area contributed by atoms with Crippen molar-refractivity contribution in [2.45, 2.75) is 11.7 Å². The van der Waals surface area contributed by atoms with Crippen LogP contribution in [-0.2, 0) is 11.7 Å². The van der Waals surface area contributed by atoms with Gasteiger partial charge in [0.25, 0.3) is 0 Å². The van der Waals surface area contributed by atoms with Gasteiger partial charge in [-0.25, -0.2) is 9.97 Å². The summed E-state index contributed by atoms with van der Waals surface area (Å²) in [5.74, 6) is 0.224. The van der Waals surface area contributed by atoms with Gasteiger partial charge in [-0.15, -0.1) is 0 Å². The third kappa shape index (κ3) is 3.64. The Bertz CT molecular complexity index is 1060. The van der Waals surface area contributed by atoms with E-state index >= 15 is 0 Å². The molecule has 1 aromatic heterocycles. The second kappa shape index (κ2) is 7.99. The minimum Gasteiger partial charge on any atom is -0.337 e. The van der Waals surface area contributed by atoms with E-state index in [4.69, 9.17) is 0 Å². The molecule has 4 rings (SSSR count). The van der Waals surface area contributed by atoms with Crippen LogP contribution >= 0.6 is 0 Å². The van der Waals surface area contributed by atoms with Crippen LogP contribution in [0, 0.1) is 0 Å². The number of aromatic nitrogens is 2. The van der Waals surface area contributed by atoms with E-state index < -0.39 is 17.3 Å². The van der Waals surface area contributed by atoms with Crippen molar-refractivity contribution in [2.75, 3.05) is 5.32 Å². The number of nitrogens with one attached hydrogen (secondary N) is 1. The fraction of sp³-hybridized carbons (Fsp3) is 0.0833. The largest absolute Gasteiger partial charge is 0.416 e. The summed E-state index contributed by atoms with van der Waals surface area (Å²) in [6.45, 7) is 0. The maximum absolute atomic E-state index is 14.1. The van der Waals surface area contributed by atoms with Gasteiger partial charge >= 0.3 is 6.18 Å². The normalized spacial score (nSPS) is 11.8. The summed E-state index contributed by atoms with van der Waals surface area (Å²) in [4.78, 5) is 8.46. The second-order valence-electron chi connectivity index (χ2n) is 6.72. The Hall–Kier alpha value is -3.67. The molecule has 4 aromatic rings. The molecule has 0 unspecified atom stereocenters. The molecule has 0 saturated carbocycles. The minimum absolute atomic E-state index is 0.0716. The number of anilines is 1. The Morgan fingerprint density at radius 3 is 1.53 bits per heavy atom. The van der Waals surface area contributed by atoms with Crippen molar-refractivity contribution >= 4 is 5.95 Å². The summed E-state index contributed by atoms with van der Waals surface area (Å²) in [7, 11) is 0. The van der Waals surface area contributed by atoms with E-state index in [1.165, 1.54) is 12.1 Å². The number of benzene rings is 3. The molecule has 3 nitrogen and oxygen atoms in total. The molecule has 30 heavy (non-hydrogen) atoms. The van der Waals surface area contributed by atoms with Crippen LogP contribution in [0.15, 0.2) is 103 Å². The number of alkyl halides is 3. The SMILES string of the molecule is FC(F)(F)c1ccccc1C(Nc1ncccn1)(c1ccccc1)c1ccccc1. The van der Waals surface area contributed by atoms with Crippen LogP contribution in [0.2, 0.25) is 0 Å². The third-order valence-electron chi connectivity index (χ3n) is 4.92. The highest BCUT2D eigenvalue weighted by Gasteiger charge is 2.44. The quantitative estimate of drug-likeness (QED) is 0.420. The van der Waals surface area contributed by atoms with Gasteiger partial charge in [0.2, 0.25) is 5.95 Å². The van der Waals surface area contributed by atoms with Gasteiger partial charge in [-0.1, -0.05) is 78.9 Å². The van der Waals surface area contributed by atoms with Gasteiger partial charge in [-0.3, -0.25) is 0 Å². The Morgan fingerprint density at radius 2 is 1.03 bits per heavy atom. The van der Waals surface area contributed by atoms with Gasteiger partial charge in [0.05, 0.1) is 5.56 Å². The van der Waals surface area contributed by atoms with Crippen molar-refractivity contribution in [2.24, 2.45) is 0 Å². The van der Waals surface area contributed by atoms with Crippen molar-refractivity contribution in [3.63, 3.8) is 0 Å². The predicted octanol–water partition coefficient (Wildman–Crippen LogP) is 5.90. The Morgan fingerprint density at radius 1 is 0.567 bits per heavy atom. The first-order valence-corrected chi connectivity index (χ1v) is 9.35. The second-order valence-corrected chi connectivity index (χ2v) is 6.72. The van der Waals surface area contributed by atoms with Gasteiger partial charge in [-0.05, 0) is 28.8 Å². The van der Waals surface area contributed by atoms with Crippen molar-refractivity contribution < 1.29 is 13.2 Å². The Kier molecular flexibility index (Phi) is 5.23.